The summed E-state index contributed by atoms with van der Waals surface area (Å²) >= 11 is 0. The van der Waals surface area contributed by atoms with E-state index in [9.17, 15) is 14.4 Å². The fourth-order valence-electron chi connectivity index (χ4n) is 4.83. The van der Waals surface area contributed by atoms with Gasteiger partial charge in [0.2, 0.25) is 5.91 Å². The van der Waals surface area contributed by atoms with Gasteiger partial charge in [0.1, 0.15) is 24.7 Å². The lowest BCUT2D eigenvalue weighted by atomic mass is 10.0. The fourth-order valence-corrected chi connectivity index (χ4v) is 4.83. The number of amidine groups is 1. The van der Waals surface area contributed by atoms with Crippen molar-refractivity contribution in [2.24, 2.45) is 5.73 Å². The number of amides is 2. The maximum absolute atomic E-state index is 13.8. The van der Waals surface area contributed by atoms with E-state index in [0.29, 0.717) is 40.3 Å². The van der Waals surface area contributed by atoms with Crippen LogP contribution in [0.1, 0.15) is 52.4 Å². The summed E-state index contributed by atoms with van der Waals surface area (Å²) < 4.78 is 11.2. The largest absolute Gasteiger partial charge is 0.489 e. The molecule has 0 unspecified atom stereocenters. The predicted octanol–water partition coefficient (Wildman–Crippen LogP) is 4.23. The minimum absolute atomic E-state index is 0.0314. The molecule has 0 bridgehead atoms. The zero-order valence-electron chi connectivity index (χ0n) is 23.5. The van der Waals surface area contributed by atoms with Crippen molar-refractivity contribution in [1.82, 2.24) is 4.90 Å². The van der Waals surface area contributed by atoms with Crippen LogP contribution in [-0.2, 0) is 27.4 Å². The molecule has 214 valence electrons. The lowest BCUT2D eigenvalue weighted by Gasteiger charge is -2.24. The molecular weight excluding hydrogens is 520 g/mol. The number of nitrogens with two attached hydrogens (primary N) is 1. The van der Waals surface area contributed by atoms with Crippen LogP contribution in [0.5, 0.6) is 5.75 Å². The number of benzene rings is 3. The van der Waals surface area contributed by atoms with E-state index in [0.717, 1.165) is 31.5 Å². The van der Waals surface area contributed by atoms with Crippen molar-refractivity contribution in [2.45, 2.75) is 39.7 Å². The van der Waals surface area contributed by atoms with Gasteiger partial charge in [-0.3, -0.25) is 19.8 Å². The first-order valence-corrected chi connectivity index (χ1v) is 13.8. The van der Waals surface area contributed by atoms with E-state index in [1.807, 2.05) is 42.2 Å². The van der Waals surface area contributed by atoms with E-state index in [2.05, 4.69) is 0 Å². The van der Waals surface area contributed by atoms with Crippen LogP contribution in [0.4, 0.5) is 5.69 Å². The van der Waals surface area contributed by atoms with Crippen LogP contribution in [-0.4, -0.2) is 54.8 Å². The molecule has 9 nitrogen and oxygen atoms in total. The summed E-state index contributed by atoms with van der Waals surface area (Å²) in [4.78, 5) is 42.5. The summed E-state index contributed by atoms with van der Waals surface area (Å²) in [6.07, 6.45) is 1.87. The SMILES string of the molecule is CCOC(=O)CN(C(=O)Cc1cc(C(=N)N)ccc1OCc1ccccc1)c1ccc(C(=O)N2CCCC2)c(C)c1. The quantitative estimate of drug-likeness (QED) is 0.207. The number of nitrogen functional groups attached to an aromatic ring is 1. The monoisotopic (exact) mass is 556 g/mol. The Balaban J connectivity index is 1.62. The number of likely N-dealkylation sites (tertiary alicyclic amines) is 1. The Hall–Kier alpha value is -4.66. The predicted molar refractivity (Wildman–Crippen MR) is 157 cm³/mol. The van der Waals surface area contributed by atoms with Gasteiger partial charge in [-0.2, -0.15) is 0 Å². The molecule has 1 heterocycles. The second-order valence-electron chi connectivity index (χ2n) is 9.97. The van der Waals surface area contributed by atoms with E-state index in [1.54, 1.807) is 43.3 Å². The average Bonchev–Trinajstić information content (AvgIpc) is 3.51. The van der Waals surface area contributed by atoms with Crippen molar-refractivity contribution in [2.75, 3.05) is 31.1 Å². The van der Waals surface area contributed by atoms with Crippen molar-refractivity contribution in [3.05, 3.63) is 94.5 Å². The first kappa shape index (κ1) is 29.3. The molecule has 1 saturated heterocycles. The van der Waals surface area contributed by atoms with E-state index in [4.69, 9.17) is 20.6 Å². The number of anilines is 1. The minimum Gasteiger partial charge on any atom is -0.489 e. The number of hydrogen-bond acceptors (Lipinski definition) is 6. The van der Waals surface area contributed by atoms with Gasteiger partial charge < -0.3 is 25.0 Å². The van der Waals surface area contributed by atoms with Gasteiger partial charge in [0.05, 0.1) is 13.0 Å². The number of rotatable bonds is 11. The number of ether oxygens (including phenoxy) is 2. The van der Waals surface area contributed by atoms with Gasteiger partial charge in [0.15, 0.2) is 0 Å². The molecule has 3 N–H and O–H groups in total. The maximum Gasteiger partial charge on any atom is 0.326 e. The minimum atomic E-state index is -0.547. The average molecular weight is 557 g/mol. The number of aryl methyl sites for hydroxylation is 1. The summed E-state index contributed by atoms with van der Waals surface area (Å²) in [5.41, 5.74) is 9.45. The van der Waals surface area contributed by atoms with Crippen LogP contribution in [0.25, 0.3) is 0 Å². The molecule has 0 spiro atoms. The van der Waals surface area contributed by atoms with Gasteiger partial charge in [0.25, 0.3) is 5.91 Å². The van der Waals surface area contributed by atoms with Crippen LogP contribution in [0.15, 0.2) is 66.7 Å². The summed E-state index contributed by atoms with van der Waals surface area (Å²) in [7, 11) is 0. The maximum atomic E-state index is 13.8. The van der Waals surface area contributed by atoms with E-state index in [-0.39, 0.29) is 37.2 Å². The Morgan fingerprint density at radius 3 is 2.39 bits per heavy atom. The Morgan fingerprint density at radius 1 is 1.00 bits per heavy atom. The Morgan fingerprint density at radius 2 is 1.73 bits per heavy atom. The highest BCUT2D eigenvalue weighted by molar-refractivity contribution is 6.01. The van der Waals surface area contributed by atoms with Crippen LogP contribution in [0.2, 0.25) is 0 Å². The molecule has 41 heavy (non-hydrogen) atoms. The zero-order chi connectivity index (χ0) is 29.4. The molecule has 1 aliphatic rings. The van der Waals surface area contributed by atoms with Crippen molar-refractivity contribution in [1.29, 1.82) is 5.41 Å². The molecule has 0 saturated carbocycles. The number of carbonyl (C=O) groups is 3. The second-order valence-corrected chi connectivity index (χ2v) is 9.97. The zero-order valence-corrected chi connectivity index (χ0v) is 23.5. The Kier molecular flexibility index (Phi) is 9.73. The van der Waals surface area contributed by atoms with Crippen molar-refractivity contribution >= 4 is 29.3 Å². The number of nitrogens with zero attached hydrogens (tertiary/aromatic N) is 2. The number of nitrogens with one attached hydrogen (secondary N) is 1. The molecule has 3 aromatic carbocycles. The van der Waals surface area contributed by atoms with Gasteiger partial charge >= 0.3 is 5.97 Å². The molecule has 4 rings (SSSR count). The Bertz CT molecular complexity index is 1420. The molecule has 1 aliphatic heterocycles. The topological polar surface area (TPSA) is 126 Å². The highest BCUT2D eigenvalue weighted by Gasteiger charge is 2.25. The molecule has 0 radical (unpaired) electrons. The first-order valence-electron chi connectivity index (χ1n) is 13.8. The molecular formula is C32H36N4O5. The van der Waals surface area contributed by atoms with Gasteiger partial charge in [-0.1, -0.05) is 30.3 Å². The summed E-state index contributed by atoms with van der Waals surface area (Å²) in [5.74, 6) is -0.609. The summed E-state index contributed by atoms with van der Waals surface area (Å²) in [5, 5.41) is 7.87. The van der Waals surface area contributed by atoms with Gasteiger partial charge in [-0.15, -0.1) is 0 Å². The second kappa shape index (κ2) is 13.6. The highest BCUT2D eigenvalue weighted by Crippen LogP contribution is 2.26. The smallest absolute Gasteiger partial charge is 0.326 e. The third kappa shape index (κ3) is 7.51. The molecule has 0 atom stereocenters. The van der Waals surface area contributed by atoms with Crippen molar-refractivity contribution < 1.29 is 23.9 Å². The van der Waals surface area contributed by atoms with Gasteiger partial charge in [-0.25, -0.2) is 0 Å². The van der Waals surface area contributed by atoms with Crippen LogP contribution >= 0.6 is 0 Å². The van der Waals surface area contributed by atoms with E-state index in [1.165, 1.54) is 4.90 Å². The van der Waals surface area contributed by atoms with Gasteiger partial charge in [-0.05, 0) is 74.2 Å². The van der Waals surface area contributed by atoms with E-state index < -0.39 is 5.97 Å². The Labute approximate surface area is 240 Å². The van der Waals surface area contributed by atoms with Crippen LogP contribution in [0, 0.1) is 12.3 Å². The highest BCUT2D eigenvalue weighted by atomic mass is 16.5. The van der Waals surface area contributed by atoms with Crippen molar-refractivity contribution in [3.63, 3.8) is 0 Å². The molecule has 0 aliphatic carbocycles. The fraction of sp³-hybridized carbons (Fsp3) is 0.312. The van der Waals surface area contributed by atoms with Crippen LogP contribution < -0.4 is 15.4 Å². The number of carbonyl (C=O) groups excluding carboxylic acids is 3. The lowest BCUT2D eigenvalue weighted by molar-refractivity contribution is -0.142. The normalized spacial score (nSPS) is 12.6. The number of hydrogen-bond donors (Lipinski definition) is 2. The van der Waals surface area contributed by atoms with E-state index >= 15 is 0 Å². The molecule has 9 heteroatoms. The molecule has 0 aromatic heterocycles. The third-order valence-electron chi connectivity index (χ3n) is 6.99. The molecule has 1 fully saturated rings. The molecule has 3 aromatic rings. The van der Waals surface area contributed by atoms with Crippen LogP contribution in [0.3, 0.4) is 0 Å². The summed E-state index contributed by atoms with van der Waals surface area (Å²) in [6, 6.07) is 19.8. The first-order chi connectivity index (χ1) is 19.8. The lowest BCUT2D eigenvalue weighted by Crippen LogP contribution is -2.38. The summed E-state index contributed by atoms with van der Waals surface area (Å²) in [6.45, 7) is 5.18. The standard InChI is InChI=1S/C32H36N4O5/c1-3-40-30(38)20-36(26-12-13-27(22(2)17-26)32(39)35-15-7-8-16-35)29(37)19-25-18-24(31(33)34)11-14-28(25)41-21-23-9-5-4-6-10-23/h4-6,9-14,17-18H,3,7-8,15-16,19-21H2,1-2H3,(H3,33,34). The van der Waals surface area contributed by atoms with Crippen molar-refractivity contribution in [3.8, 4) is 5.75 Å². The van der Waals surface area contributed by atoms with Gasteiger partial charge in [0, 0.05) is 35.5 Å². The third-order valence-corrected chi connectivity index (χ3v) is 6.99. The number of esters is 1. The molecule has 2 amide bonds.